The fourth-order valence-corrected chi connectivity index (χ4v) is 4.65. The first-order chi connectivity index (χ1) is 20.0. The normalized spacial score (nSPS) is 12.5. The summed E-state index contributed by atoms with van der Waals surface area (Å²) in [5.74, 6) is 1.25. The Kier molecular flexibility index (Phi) is 13.6. The Morgan fingerprint density at radius 1 is 0.683 bits per heavy atom. The largest absolute Gasteiger partial charge is 0.493 e. The number of hydrogen-bond donors (Lipinski definition) is 0. The second kappa shape index (κ2) is 17.4. The van der Waals surface area contributed by atoms with E-state index in [1.54, 1.807) is 36.4 Å². The molecule has 41 heavy (non-hydrogen) atoms. The van der Waals surface area contributed by atoms with Crippen LogP contribution in [0, 0.1) is 5.92 Å². The van der Waals surface area contributed by atoms with Gasteiger partial charge in [0.25, 0.3) is 0 Å². The van der Waals surface area contributed by atoms with Crippen molar-refractivity contribution in [3.05, 3.63) is 95.1 Å². The summed E-state index contributed by atoms with van der Waals surface area (Å²) in [6.45, 7) is 10.2. The SMILES string of the molecule is CCCCC(CC)COc1ccc(C(=O)c2ccc(C(=O)Oc3ccc(CCC(CC)OCCC)cc3)cc2)cc1. The molecule has 0 aliphatic heterocycles. The Hall–Kier alpha value is -3.44. The number of hydrogen-bond acceptors (Lipinski definition) is 5. The highest BCUT2D eigenvalue weighted by Crippen LogP contribution is 2.20. The van der Waals surface area contributed by atoms with E-state index in [0.29, 0.717) is 35.0 Å². The van der Waals surface area contributed by atoms with E-state index < -0.39 is 5.97 Å². The van der Waals surface area contributed by atoms with Crippen LogP contribution in [0.4, 0.5) is 0 Å². The third kappa shape index (κ3) is 10.5. The van der Waals surface area contributed by atoms with Crippen molar-refractivity contribution in [3.63, 3.8) is 0 Å². The lowest BCUT2D eigenvalue weighted by atomic mass is 10.0. The number of carbonyl (C=O) groups is 2. The van der Waals surface area contributed by atoms with Gasteiger partial charge in [-0.15, -0.1) is 0 Å². The first kappa shape index (κ1) is 32.1. The Morgan fingerprint density at radius 2 is 1.29 bits per heavy atom. The zero-order chi connectivity index (χ0) is 29.5. The molecule has 0 fully saturated rings. The molecule has 2 unspecified atom stereocenters. The van der Waals surface area contributed by atoms with Crippen LogP contribution in [-0.2, 0) is 11.2 Å². The van der Waals surface area contributed by atoms with Crippen molar-refractivity contribution >= 4 is 11.8 Å². The highest BCUT2D eigenvalue weighted by atomic mass is 16.5. The van der Waals surface area contributed by atoms with Crippen LogP contribution in [0.5, 0.6) is 11.5 Å². The van der Waals surface area contributed by atoms with Crippen molar-refractivity contribution in [3.8, 4) is 11.5 Å². The highest BCUT2D eigenvalue weighted by Gasteiger charge is 2.14. The van der Waals surface area contributed by atoms with Gasteiger partial charge in [0.15, 0.2) is 5.78 Å². The number of ether oxygens (including phenoxy) is 3. The standard InChI is InChI=1S/C36H46O5/c1-5-9-10-27(7-3)26-40-33-23-18-30(19-24-33)35(37)29-14-16-31(17-15-29)36(38)41-34-21-12-28(13-22-34)11-20-32(8-4)39-25-6-2/h12-19,21-24,27,32H,5-11,20,25-26H2,1-4H3. The van der Waals surface area contributed by atoms with Crippen molar-refractivity contribution in [2.45, 2.75) is 85.2 Å². The average molecular weight is 559 g/mol. The van der Waals surface area contributed by atoms with Gasteiger partial charge in [0, 0.05) is 17.7 Å². The van der Waals surface area contributed by atoms with Crippen molar-refractivity contribution in [1.29, 1.82) is 0 Å². The number of carbonyl (C=O) groups excluding carboxylic acids is 2. The molecular weight excluding hydrogens is 512 g/mol. The van der Waals surface area contributed by atoms with Crippen molar-refractivity contribution < 1.29 is 23.8 Å². The average Bonchev–Trinajstić information content (AvgIpc) is 3.02. The summed E-state index contributed by atoms with van der Waals surface area (Å²) in [4.78, 5) is 25.7. The summed E-state index contributed by atoms with van der Waals surface area (Å²) in [7, 11) is 0. The predicted molar refractivity (Wildman–Crippen MR) is 165 cm³/mol. The van der Waals surface area contributed by atoms with Crippen molar-refractivity contribution in [2.24, 2.45) is 5.92 Å². The molecular formula is C36H46O5. The van der Waals surface area contributed by atoms with Crippen LogP contribution in [0.1, 0.15) is 104 Å². The minimum Gasteiger partial charge on any atom is -0.493 e. The fourth-order valence-electron chi connectivity index (χ4n) is 4.65. The molecule has 0 N–H and O–H groups in total. The molecule has 3 aromatic carbocycles. The summed E-state index contributed by atoms with van der Waals surface area (Å²) in [6.07, 6.45) is 8.87. The summed E-state index contributed by atoms with van der Waals surface area (Å²) in [5, 5.41) is 0. The Morgan fingerprint density at radius 3 is 1.88 bits per heavy atom. The lowest BCUT2D eigenvalue weighted by Crippen LogP contribution is -2.13. The van der Waals surface area contributed by atoms with Crippen LogP contribution in [0.25, 0.3) is 0 Å². The van der Waals surface area contributed by atoms with E-state index in [-0.39, 0.29) is 11.9 Å². The number of unbranched alkanes of at least 4 members (excludes halogenated alkanes) is 1. The molecule has 0 aliphatic carbocycles. The van der Waals surface area contributed by atoms with E-state index >= 15 is 0 Å². The van der Waals surface area contributed by atoms with Gasteiger partial charge in [-0.05, 0) is 92.1 Å². The zero-order valence-electron chi connectivity index (χ0n) is 25.2. The van der Waals surface area contributed by atoms with Crippen molar-refractivity contribution in [2.75, 3.05) is 13.2 Å². The van der Waals surface area contributed by atoms with Gasteiger partial charge in [-0.1, -0.05) is 71.2 Å². The molecule has 2 atom stereocenters. The van der Waals surface area contributed by atoms with Crippen LogP contribution in [0.3, 0.4) is 0 Å². The van der Waals surface area contributed by atoms with E-state index in [9.17, 15) is 9.59 Å². The van der Waals surface area contributed by atoms with Gasteiger partial charge >= 0.3 is 5.97 Å². The molecule has 0 saturated heterocycles. The summed E-state index contributed by atoms with van der Waals surface area (Å²) in [5.41, 5.74) is 2.66. The van der Waals surface area contributed by atoms with Crippen molar-refractivity contribution in [1.82, 2.24) is 0 Å². The van der Waals surface area contributed by atoms with Gasteiger partial charge in [-0.25, -0.2) is 4.79 Å². The Labute approximate surface area is 246 Å². The van der Waals surface area contributed by atoms with Gasteiger partial charge in [0.05, 0.1) is 18.3 Å². The quantitative estimate of drug-likeness (QED) is 0.0886. The third-order valence-electron chi connectivity index (χ3n) is 7.43. The number of ketones is 1. The second-order valence-electron chi connectivity index (χ2n) is 10.6. The minimum absolute atomic E-state index is 0.105. The highest BCUT2D eigenvalue weighted by molar-refractivity contribution is 6.09. The number of rotatable bonds is 18. The number of aryl methyl sites for hydroxylation is 1. The molecule has 5 nitrogen and oxygen atoms in total. The Balaban J connectivity index is 1.50. The van der Waals surface area contributed by atoms with E-state index in [1.807, 2.05) is 36.4 Å². The maximum absolute atomic E-state index is 13.0. The molecule has 0 bridgehead atoms. The van der Waals surface area contributed by atoms with Gasteiger partial charge in [-0.3, -0.25) is 4.79 Å². The van der Waals surface area contributed by atoms with Gasteiger partial charge < -0.3 is 14.2 Å². The molecule has 0 amide bonds. The molecule has 3 aromatic rings. The first-order valence-electron chi connectivity index (χ1n) is 15.3. The van der Waals surface area contributed by atoms with Crippen LogP contribution >= 0.6 is 0 Å². The first-order valence-corrected chi connectivity index (χ1v) is 15.3. The van der Waals surface area contributed by atoms with Gasteiger partial charge in [-0.2, -0.15) is 0 Å². The second-order valence-corrected chi connectivity index (χ2v) is 10.6. The van der Waals surface area contributed by atoms with Gasteiger partial charge in [0.1, 0.15) is 11.5 Å². The summed E-state index contributed by atoms with van der Waals surface area (Å²) >= 11 is 0. The number of benzene rings is 3. The number of esters is 1. The summed E-state index contributed by atoms with van der Waals surface area (Å²) in [6, 6.07) is 21.5. The van der Waals surface area contributed by atoms with E-state index in [4.69, 9.17) is 14.2 Å². The van der Waals surface area contributed by atoms with E-state index in [2.05, 4.69) is 27.7 Å². The van der Waals surface area contributed by atoms with Gasteiger partial charge in [0.2, 0.25) is 0 Å². The van der Waals surface area contributed by atoms with E-state index in [0.717, 1.165) is 44.5 Å². The monoisotopic (exact) mass is 558 g/mol. The topological polar surface area (TPSA) is 61.8 Å². The zero-order valence-corrected chi connectivity index (χ0v) is 25.2. The third-order valence-corrected chi connectivity index (χ3v) is 7.43. The van der Waals surface area contributed by atoms with Crippen LogP contribution < -0.4 is 9.47 Å². The minimum atomic E-state index is -0.457. The van der Waals surface area contributed by atoms with Crippen LogP contribution in [0.15, 0.2) is 72.8 Å². The fraction of sp³-hybridized carbons (Fsp3) is 0.444. The maximum Gasteiger partial charge on any atom is 0.343 e. The molecule has 0 heterocycles. The molecule has 0 radical (unpaired) electrons. The lowest BCUT2D eigenvalue weighted by molar-refractivity contribution is 0.0456. The predicted octanol–water partition coefficient (Wildman–Crippen LogP) is 8.87. The van der Waals surface area contributed by atoms with Crippen LogP contribution in [0.2, 0.25) is 0 Å². The molecule has 3 rings (SSSR count). The summed E-state index contributed by atoms with van der Waals surface area (Å²) < 4.78 is 17.4. The molecule has 5 heteroatoms. The molecule has 220 valence electrons. The molecule has 0 aromatic heterocycles. The molecule has 0 spiro atoms. The smallest absolute Gasteiger partial charge is 0.343 e. The molecule has 0 saturated carbocycles. The van der Waals surface area contributed by atoms with Crippen LogP contribution in [-0.4, -0.2) is 31.1 Å². The Bertz CT molecular complexity index is 1180. The van der Waals surface area contributed by atoms with E-state index in [1.165, 1.54) is 24.8 Å². The molecule has 0 aliphatic rings. The lowest BCUT2D eigenvalue weighted by Gasteiger charge is -2.15. The maximum atomic E-state index is 13.0.